The van der Waals surface area contributed by atoms with E-state index in [1.54, 1.807) is 19.2 Å². The largest absolute Gasteiger partial charge is 0.497 e. The molecule has 0 saturated carbocycles. The number of methoxy groups -OCH3 is 2. The van der Waals surface area contributed by atoms with E-state index in [0.717, 1.165) is 17.0 Å². The van der Waals surface area contributed by atoms with Gasteiger partial charge in [-0.2, -0.15) is 0 Å². The number of rotatable bonds is 7. The van der Waals surface area contributed by atoms with Crippen LogP contribution < -0.4 is 14.8 Å². The number of nitrogens with zero attached hydrogens (tertiary/aromatic N) is 1. The second-order valence-corrected chi connectivity index (χ2v) is 5.78. The fourth-order valence-electron chi connectivity index (χ4n) is 2.54. The van der Waals surface area contributed by atoms with E-state index in [2.05, 4.69) is 19.2 Å². The van der Waals surface area contributed by atoms with E-state index in [-0.39, 0.29) is 17.5 Å². The number of hydrogen-bond donors (Lipinski definition) is 1. The summed E-state index contributed by atoms with van der Waals surface area (Å²) in [4.78, 5) is 10.5. The van der Waals surface area contributed by atoms with Crippen molar-refractivity contribution in [1.29, 1.82) is 0 Å². The highest BCUT2D eigenvalue weighted by molar-refractivity contribution is 5.58. The van der Waals surface area contributed by atoms with Gasteiger partial charge in [0.15, 0.2) is 5.75 Å². The van der Waals surface area contributed by atoms with Gasteiger partial charge < -0.3 is 14.8 Å². The van der Waals surface area contributed by atoms with Crippen LogP contribution in [0.3, 0.4) is 0 Å². The van der Waals surface area contributed by atoms with Gasteiger partial charge in [-0.05, 0) is 29.7 Å². The molecule has 0 saturated heterocycles. The van der Waals surface area contributed by atoms with Gasteiger partial charge in [-0.15, -0.1) is 0 Å². The molecule has 0 heterocycles. The van der Waals surface area contributed by atoms with E-state index in [1.165, 1.54) is 13.2 Å². The van der Waals surface area contributed by atoms with Gasteiger partial charge in [0, 0.05) is 17.8 Å². The summed E-state index contributed by atoms with van der Waals surface area (Å²) in [6.45, 7) is 4.23. The van der Waals surface area contributed by atoms with Crippen molar-refractivity contribution in [2.75, 3.05) is 19.5 Å². The molecule has 0 spiro atoms. The number of hydrogen-bond acceptors (Lipinski definition) is 5. The van der Waals surface area contributed by atoms with Crippen molar-refractivity contribution < 1.29 is 14.4 Å². The minimum Gasteiger partial charge on any atom is -0.497 e. The molecule has 128 valence electrons. The van der Waals surface area contributed by atoms with Crippen LogP contribution in [0.15, 0.2) is 42.5 Å². The maximum absolute atomic E-state index is 11.0. The summed E-state index contributed by atoms with van der Waals surface area (Å²) < 4.78 is 10.3. The van der Waals surface area contributed by atoms with Crippen molar-refractivity contribution in [3.8, 4) is 11.5 Å². The average Bonchev–Trinajstić information content (AvgIpc) is 2.59. The second kappa shape index (κ2) is 7.68. The summed E-state index contributed by atoms with van der Waals surface area (Å²) in [6.07, 6.45) is 0. The third kappa shape index (κ3) is 3.95. The Morgan fingerprint density at radius 1 is 1.04 bits per heavy atom. The molecule has 24 heavy (non-hydrogen) atoms. The Balaban J connectivity index is 2.28. The molecular formula is C18H22N2O4. The Bertz CT molecular complexity index is 699. The summed E-state index contributed by atoms with van der Waals surface area (Å²) in [5, 5.41) is 14.4. The van der Waals surface area contributed by atoms with Crippen LogP contribution in [0.25, 0.3) is 0 Å². The first-order chi connectivity index (χ1) is 11.5. The van der Waals surface area contributed by atoms with Crippen molar-refractivity contribution in [3.63, 3.8) is 0 Å². The van der Waals surface area contributed by atoms with E-state index in [0.29, 0.717) is 5.92 Å². The van der Waals surface area contributed by atoms with Crippen LogP contribution in [0.5, 0.6) is 11.5 Å². The van der Waals surface area contributed by atoms with E-state index in [9.17, 15) is 10.1 Å². The number of anilines is 1. The van der Waals surface area contributed by atoms with Gasteiger partial charge in [0.05, 0.1) is 25.2 Å². The summed E-state index contributed by atoms with van der Waals surface area (Å²) >= 11 is 0. The van der Waals surface area contributed by atoms with Gasteiger partial charge in [0.25, 0.3) is 0 Å². The lowest BCUT2D eigenvalue weighted by Gasteiger charge is -2.24. The van der Waals surface area contributed by atoms with Gasteiger partial charge in [0.1, 0.15) is 5.75 Å². The van der Waals surface area contributed by atoms with Crippen molar-refractivity contribution >= 4 is 11.4 Å². The average molecular weight is 330 g/mol. The molecule has 0 aliphatic rings. The van der Waals surface area contributed by atoms with Crippen LogP contribution in [0.4, 0.5) is 11.4 Å². The number of nitrogens with one attached hydrogen (secondary N) is 1. The summed E-state index contributed by atoms with van der Waals surface area (Å²) in [7, 11) is 3.06. The number of nitro benzene ring substituents is 1. The molecule has 0 radical (unpaired) electrons. The zero-order valence-corrected chi connectivity index (χ0v) is 14.3. The summed E-state index contributed by atoms with van der Waals surface area (Å²) in [6, 6.07) is 12.7. The van der Waals surface area contributed by atoms with Crippen LogP contribution in [0.2, 0.25) is 0 Å². The Morgan fingerprint density at radius 2 is 1.71 bits per heavy atom. The molecule has 2 aromatic carbocycles. The van der Waals surface area contributed by atoms with Gasteiger partial charge in [-0.3, -0.25) is 10.1 Å². The normalized spacial score (nSPS) is 11.9. The maximum atomic E-state index is 11.0. The molecule has 0 aliphatic heterocycles. The third-order valence-corrected chi connectivity index (χ3v) is 3.84. The first-order valence-corrected chi connectivity index (χ1v) is 7.69. The highest BCUT2D eigenvalue weighted by Crippen LogP contribution is 2.33. The summed E-state index contributed by atoms with van der Waals surface area (Å²) in [5.41, 5.74) is 1.84. The Kier molecular flexibility index (Phi) is 5.63. The minimum absolute atomic E-state index is 0.0476. The van der Waals surface area contributed by atoms with E-state index < -0.39 is 4.92 Å². The molecule has 0 aromatic heterocycles. The molecule has 0 bridgehead atoms. The molecule has 1 atom stereocenters. The van der Waals surface area contributed by atoms with Crippen LogP contribution in [-0.4, -0.2) is 19.1 Å². The molecule has 0 aliphatic carbocycles. The standard InChI is InChI=1S/C18H22N2O4/c1-12(2)18(13-5-8-15(23-3)9-6-13)19-14-7-10-16(20(21)22)17(11-14)24-4/h5-12,18-19H,1-4H3. The SMILES string of the molecule is COc1ccc(C(Nc2ccc([N+](=O)[O-])c(OC)c2)C(C)C)cc1. The molecule has 0 amide bonds. The quantitative estimate of drug-likeness (QED) is 0.601. The lowest BCUT2D eigenvalue weighted by atomic mass is 9.95. The molecule has 1 N–H and O–H groups in total. The molecule has 2 rings (SSSR count). The Morgan fingerprint density at radius 3 is 2.21 bits per heavy atom. The topological polar surface area (TPSA) is 73.6 Å². The zero-order valence-electron chi connectivity index (χ0n) is 14.3. The van der Waals surface area contributed by atoms with Gasteiger partial charge in [0.2, 0.25) is 0 Å². The monoisotopic (exact) mass is 330 g/mol. The van der Waals surface area contributed by atoms with Crippen molar-refractivity contribution in [2.45, 2.75) is 19.9 Å². The Labute approximate surface area is 141 Å². The van der Waals surface area contributed by atoms with Gasteiger partial charge in [-0.1, -0.05) is 26.0 Å². The minimum atomic E-state index is -0.452. The van der Waals surface area contributed by atoms with Crippen molar-refractivity contribution in [1.82, 2.24) is 0 Å². The van der Waals surface area contributed by atoms with Gasteiger partial charge in [-0.25, -0.2) is 0 Å². The Hall–Kier alpha value is -2.76. The van der Waals surface area contributed by atoms with Crippen LogP contribution in [0, 0.1) is 16.0 Å². The molecule has 6 nitrogen and oxygen atoms in total. The van der Waals surface area contributed by atoms with Crippen molar-refractivity contribution in [3.05, 3.63) is 58.1 Å². The van der Waals surface area contributed by atoms with E-state index in [4.69, 9.17) is 9.47 Å². The van der Waals surface area contributed by atoms with Gasteiger partial charge >= 0.3 is 5.69 Å². The first kappa shape index (κ1) is 17.6. The molecule has 2 aromatic rings. The third-order valence-electron chi connectivity index (χ3n) is 3.84. The van der Waals surface area contributed by atoms with E-state index >= 15 is 0 Å². The second-order valence-electron chi connectivity index (χ2n) is 5.78. The highest BCUT2D eigenvalue weighted by atomic mass is 16.6. The predicted octanol–water partition coefficient (Wildman–Crippen LogP) is 4.42. The number of ether oxygens (including phenoxy) is 2. The van der Waals surface area contributed by atoms with E-state index in [1.807, 2.05) is 24.3 Å². The highest BCUT2D eigenvalue weighted by Gasteiger charge is 2.19. The first-order valence-electron chi connectivity index (χ1n) is 7.69. The van der Waals surface area contributed by atoms with Crippen molar-refractivity contribution in [2.24, 2.45) is 5.92 Å². The molecular weight excluding hydrogens is 308 g/mol. The number of benzene rings is 2. The smallest absolute Gasteiger partial charge is 0.311 e. The molecule has 1 unspecified atom stereocenters. The van der Waals surface area contributed by atoms with Crippen LogP contribution in [0.1, 0.15) is 25.5 Å². The summed E-state index contributed by atoms with van der Waals surface area (Å²) in [5.74, 6) is 1.36. The van der Waals surface area contributed by atoms with Crippen LogP contribution in [-0.2, 0) is 0 Å². The molecule has 0 fully saturated rings. The number of nitro groups is 1. The predicted molar refractivity (Wildman–Crippen MR) is 93.8 cm³/mol. The van der Waals surface area contributed by atoms with Crippen LogP contribution >= 0.6 is 0 Å². The zero-order chi connectivity index (χ0) is 17.7. The fraction of sp³-hybridized carbons (Fsp3) is 0.333. The maximum Gasteiger partial charge on any atom is 0.311 e. The lowest BCUT2D eigenvalue weighted by Crippen LogP contribution is -2.16. The molecule has 6 heteroatoms. The fourth-order valence-corrected chi connectivity index (χ4v) is 2.54. The lowest BCUT2D eigenvalue weighted by molar-refractivity contribution is -0.385.